The molecule has 2 rings (SSSR count). The molecule has 0 radical (unpaired) electrons. The standard InChI is InChI=1S/C12H22N2O3.C2H2O4/c1-12(2,3)17-11(15)14-6-7-16-10-8(13)4-5-9(10)14;3-1(4)2(5)6/h8-10H,4-7,13H2,1-3H3;(H,3,4)(H,5,6)/t8-,9+,10+;/m0./s1. The van der Waals surface area contributed by atoms with Crippen LogP contribution >= 0.6 is 0 Å². The number of aliphatic carboxylic acids is 2. The van der Waals surface area contributed by atoms with E-state index >= 15 is 0 Å². The summed E-state index contributed by atoms with van der Waals surface area (Å²) >= 11 is 0. The van der Waals surface area contributed by atoms with Crippen molar-refractivity contribution in [2.24, 2.45) is 5.73 Å². The number of hydrogen-bond donors (Lipinski definition) is 3. The largest absolute Gasteiger partial charge is 0.473 e. The Morgan fingerprint density at radius 1 is 1.17 bits per heavy atom. The van der Waals surface area contributed by atoms with Crippen molar-refractivity contribution in [1.82, 2.24) is 4.90 Å². The van der Waals surface area contributed by atoms with Crippen LogP contribution in [0.2, 0.25) is 0 Å². The van der Waals surface area contributed by atoms with Crippen LogP contribution in [0, 0.1) is 0 Å². The quantitative estimate of drug-likeness (QED) is 0.537. The van der Waals surface area contributed by atoms with Gasteiger partial charge in [0.15, 0.2) is 0 Å². The van der Waals surface area contributed by atoms with Gasteiger partial charge in [0.1, 0.15) is 5.60 Å². The summed E-state index contributed by atoms with van der Waals surface area (Å²) in [5.41, 5.74) is 5.52. The molecule has 9 heteroatoms. The second kappa shape index (κ2) is 7.60. The van der Waals surface area contributed by atoms with Gasteiger partial charge >= 0.3 is 18.0 Å². The number of rotatable bonds is 0. The van der Waals surface area contributed by atoms with Crippen LogP contribution < -0.4 is 5.73 Å². The molecule has 0 spiro atoms. The zero-order valence-electron chi connectivity index (χ0n) is 13.5. The lowest BCUT2D eigenvalue weighted by atomic mass is 10.1. The van der Waals surface area contributed by atoms with Gasteiger partial charge in [-0.05, 0) is 33.6 Å². The van der Waals surface area contributed by atoms with Gasteiger partial charge in [-0.1, -0.05) is 0 Å². The number of morpholine rings is 1. The molecule has 0 aromatic carbocycles. The predicted molar refractivity (Wildman–Crippen MR) is 78.9 cm³/mol. The van der Waals surface area contributed by atoms with Crippen LogP contribution in [0.4, 0.5) is 4.79 Å². The number of nitrogens with two attached hydrogens (primary N) is 1. The van der Waals surface area contributed by atoms with Crippen molar-refractivity contribution in [2.45, 2.75) is 57.4 Å². The van der Waals surface area contributed by atoms with E-state index in [-0.39, 0.29) is 24.3 Å². The maximum Gasteiger partial charge on any atom is 0.414 e. The van der Waals surface area contributed by atoms with E-state index in [0.717, 1.165) is 12.8 Å². The van der Waals surface area contributed by atoms with Crippen molar-refractivity contribution in [3.63, 3.8) is 0 Å². The van der Waals surface area contributed by atoms with Crippen molar-refractivity contribution in [1.29, 1.82) is 0 Å². The Labute approximate surface area is 134 Å². The Balaban J connectivity index is 0.000000379. The molecule has 1 amide bonds. The van der Waals surface area contributed by atoms with Crippen LogP contribution in [-0.2, 0) is 19.1 Å². The molecule has 1 aliphatic carbocycles. The molecule has 2 aliphatic rings. The Hall–Kier alpha value is -1.87. The summed E-state index contributed by atoms with van der Waals surface area (Å²) in [5, 5.41) is 14.8. The summed E-state index contributed by atoms with van der Waals surface area (Å²) in [6, 6.07) is 0.138. The number of amides is 1. The lowest BCUT2D eigenvalue weighted by molar-refractivity contribution is -0.159. The highest BCUT2D eigenvalue weighted by Gasteiger charge is 2.44. The summed E-state index contributed by atoms with van der Waals surface area (Å²) in [6.07, 6.45) is 1.56. The third-order valence-corrected chi connectivity index (χ3v) is 3.45. The number of carbonyl (C=O) groups is 3. The third-order valence-electron chi connectivity index (χ3n) is 3.45. The zero-order valence-corrected chi connectivity index (χ0v) is 13.5. The number of nitrogens with zero attached hydrogens (tertiary/aromatic N) is 1. The molecule has 132 valence electrons. The molecule has 0 bridgehead atoms. The van der Waals surface area contributed by atoms with Gasteiger partial charge in [-0.15, -0.1) is 0 Å². The maximum atomic E-state index is 12.1. The van der Waals surface area contributed by atoms with Gasteiger partial charge in [0.2, 0.25) is 0 Å². The van der Waals surface area contributed by atoms with Crippen LogP contribution in [0.25, 0.3) is 0 Å². The number of hydrogen-bond acceptors (Lipinski definition) is 6. The fourth-order valence-electron chi connectivity index (χ4n) is 2.55. The van der Waals surface area contributed by atoms with Crippen LogP contribution in [0.3, 0.4) is 0 Å². The summed E-state index contributed by atoms with van der Waals surface area (Å²) in [6.45, 7) is 6.78. The smallest absolute Gasteiger partial charge is 0.414 e. The highest BCUT2D eigenvalue weighted by atomic mass is 16.6. The van der Waals surface area contributed by atoms with Crippen LogP contribution in [0.5, 0.6) is 0 Å². The maximum absolute atomic E-state index is 12.1. The molecule has 1 aliphatic heterocycles. The molecule has 23 heavy (non-hydrogen) atoms. The number of carboxylic acids is 2. The lowest BCUT2D eigenvalue weighted by Crippen LogP contribution is -2.55. The van der Waals surface area contributed by atoms with E-state index in [9.17, 15) is 4.79 Å². The molecule has 1 heterocycles. The number of carboxylic acid groups (broad SMARTS) is 2. The second-order valence-corrected chi connectivity index (χ2v) is 6.43. The van der Waals surface area contributed by atoms with Crippen LogP contribution in [-0.4, -0.2) is 70.1 Å². The van der Waals surface area contributed by atoms with E-state index in [4.69, 9.17) is 35.0 Å². The topological polar surface area (TPSA) is 139 Å². The van der Waals surface area contributed by atoms with Crippen molar-refractivity contribution in [2.75, 3.05) is 13.2 Å². The summed E-state index contributed by atoms with van der Waals surface area (Å²) in [4.78, 5) is 32.1. The number of fused-ring (bicyclic) bond motifs is 1. The number of carbonyl (C=O) groups excluding carboxylic acids is 1. The van der Waals surface area contributed by atoms with Gasteiger partial charge in [0.25, 0.3) is 0 Å². The van der Waals surface area contributed by atoms with Gasteiger partial charge in [0.05, 0.1) is 18.8 Å². The molecule has 3 atom stereocenters. The second-order valence-electron chi connectivity index (χ2n) is 6.43. The Bertz CT molecular complexity index is 449. The van der Waals surface area contributed by atoms with Crippen molar-refractivity contribution in [3.05, 3.63) is 0 Å². The highest BCUT2D eigenvalue weighted by molar-refractivity contribution is 6.27. The first-order valence-corrected chi connectivity index (χ1v) is 7.36. The molecular weight excluding hydrogens is 308 g/mol. The van der Waals surface area contributed by atoms with E-state index in [0.29, 0.717) is 13.2 Å². The fourth-order valence-corrected chi connectivity index (χ4v) is 2.55. The normalized spacial score (nSPS) is 26.6. The first kappa shape index (κ1) is 19.2. The first-order valence-electron chi connectivity index (χ1n) is 7.36. The Morgan fingerprint density at radius 2 is 1.74 bits per heavy atom. The minimum atomic E-state index is -1.82. The highest BCUT2D eigenvalue weighted by Crippen LogP contribution is 2.30. The molecule has 0 aromatic heterocycles. The average molecular weight is 332 g/mol. The molecule has 2 fully saturated rings. The van der Waals surface area contributed by atoms with Crippen LogP contribution in [0.1, 0.15) is 33.6 Å². The predicted octanol–water partition coefficient (Wildman–Crippen LogP) is 0.268. The summed E-state index contributed by atoms with van der Waals surface area (Å²) in [5.74, 6) is -3.65. The van der Waals surface area contributed by atoms with Gasteiger partial charge < -0.3 is 30.3 Å². The monoisotopic (exact) mass is 332 g/mol. The van der Waals surface area contributed by atoms with E-state index in [1.54, 1.807) is 4.90 Å². The Morgan fingerprint density at radius 3 is 2.22 bits per heavy atom. The molecule has 4 N–H and O–H groups in total. The molecule has 9 nitrogen and oxygen atoms in total. The van der Waals surface area contributed by atoms with Crippen LogP contribution in [0.15, 0.2) is 0 Å². The minimum absolute atomic E-state index is 0.0173. The van der Waals surface area contributed by atoms with E-state index in [1.807, 2.05) is 20.8 Å². The first-order chi connectivity index (χ1) is 10.5. The van der Waals surface area contributed by atoms with E-state index < -0.39 is 17.5 Å². The summed E-state index contributed by atoms with van der Waals surface area (Å²) in [7, 11) is 0. The SMILES string of the molecule is CC(C)(C)OC(=O)N1CCO[C@H]2[C@H]1CC[C@@H]2N.O=C(O)C(=O)O. The van der Waals surface area contributed by atoms with Crippen molar-refractivity contribution < 1.29 is 34.1 Å². The fraction of sp³-hybridized carbons (Fsp3) is 0.786. The molecule has 0 aromatic rings. The van der Waals surface area contributed by atoms with Gasteiger partial charge in [-0.25, -0.2) is 14.4 Å². The van der Waals surface area contributed by atoms with E-state index in [2.05, 4.69) is 0 Å². The van der Waals surface area contributed by atoms with Crippen molar-refractivity contribution in [3.8, 4) is 0 Å². The molecule has 1 saturated heterocycles. The zero-order chi connectivity index (χ0) is 17.8. The lowest BCUT2D eigenvalue weighted by Gasteiger charge is -2.39. The van der Waals surface area contributed by atoms with Gasteiger partial charge in [-0.2, -0.15) is 0 Å². The Kier molecular flexibility index (Phi) is 6.34. The molecule has 0 unspecified atom stereocenters. The van der Waals surface area contributed by atoms with E-state index in [1.165, 1.54) is 0 Å². The molecule has 1 saturated carbocycles. The number of ether oxygens (including phenoxy) is 2. The van der Waals surface area contributed by atoms with Crippen molar-refractivity contribution >= 4 is 18.0 Å². The van der Waals surface area contributed by atoms with Gasteiger partial charge in [-0.3, -0.25) is 0 Å². The summed E-state index contributed by atoms with van der Waals surface area (Å²) < 4.78 is 11.1. The third kappa shape index (κ3) is 5.68. The van der Waals surface area contributed by atoms with Gasteiger partial charge in [0, 0.05) is 12.6 Å². The average Bonchev–Trinajstić information content (AvgIpc) is 2.79. The molecular formula is C14H24N2O7. The minimum Gasteiger partial charge on any atom is -0.473 e.